The third-order valence-electron chi connectivity index (χ3n) is 3.20. The van der Waals surface area contributed by atoms with Gasteiger partial charge in [0.05, 0.1) is 31.5 Å². The maximum atomic E-state index is 5.52. The Morgan fingerprint density at radius 3 is 2.65 bits per heavy atom. The number of aryl methyl sites for hydroxylation is 1. The highest BCUT2D eigenvalue weighted by molar-refractivity contribution is 7.09. The van der Waals surface area contributed by atoms with Gasteiger partial charge in [-0.25, -0.2) is 4.98 Å². The Kier molecular flexibility index (Phi) is 4.98. The largest absolute Gasteiger partial charge is 0.497 e. The van der Waals surface area contributed by atoms with E-state index in [4.69, 9.17) is 9.47 Å². The predicted molar refractivity (Wildman–Crippen MR) is 81.9 cm³/mol. The van der Waals surface area contributed by atoms with Crippen LogP contribution in [0.1, 0.15) is 29.1 Å². The average Bonchev–Trinajstić information content (AvgIpc) is 2.90. The van der Waals surface area contributed by atoms with Gasteiger partial charge in [-0.05, 0) is 25.6 Å². The van der Waals surface area contributed by atoms with Gasteiger partial charge in [0, 0.05) is 16.5 Å². The molecule has 108 valence electrons. The Labute approximate surface area is 123 Å². The highest BCUT2D eigenvalue weighted by Crippen LogP contribution is 2.35. The van der Waals surface area contributed by atoms with Gasteiger partial charge in [-0.15, -0.1) is 11.3 Å². The number of rotatable bonds is 6. The third-order valence-corrected chi connectivity index (χ3v) is 4.20. The van der Waals surface area contributed by atoms with Crippen LogP contribution < -0.4 is 14.8 Å². The first-order valence-electron chi connectivity index (χ1n) is 6.56. The van der Waals surface area contributed by atoms with Crippen molar-refractivity contribution in [3.05, 3.63) is 39.8 Å². The van der Waals surface area contributed by atoms with Crippen LogP contribution in [-0.2, 0) is 0 Å². The normalized spacial score (nSPS) is 12.2. The number of nitrogens with one attached hydrogen (secondary N) is 1. The number of benzene rings is 1. The first-order valence-corrected chi connectivity index (χ1v) is 7.44. The minimum atomic E-state index is 0.0911. The van der Waals surface area contributed by atoms with E-state index in [1.165, 1.54) is 4.88 Å². The van der Waals surface area contributed by atoms with Crippen LogP contribution in [0.5, 0.6) is 11.5 Å². The topological polar surface area (TPSA) is 43.4 Å². The molecule has 1 atom stereocenters. The standard InChI is InChI=1S/C15H20N2O2S/c1-5-16-14(15-10(2)17-9-20-15)12-7-6-11(18-3)8-13(12)19-4/h6-9,14,16H,5H2,1-4H3. The van der Waals surface area contributed by atoms with Gasteiger partial charge in [0.2, 0.25) is 0 Å². The highest BCUT2D eigenvalue weighted by Gasteiger charge is 2.21. The van der Waals surface area contributed by atoms with Crippen molar-refractivity contribution in [3.8, 4) is 11.5 Å². The molecule has 20 heavy (non-hydrogen) atoms. The molecule has 0 aliphatic heterocycles. The summed E-state index contributed by atoms with van der Waals surface area (Å²) in [4.78, 5) is 5.57. The Balaban J connectivity index is 2.46. The Morgan fingerprint density at radius 1 is 1.30 bits per heavy atom. The summed E-state index contributed by atoms with van der Waals surface area (Å²) in [6.45, 7) is 5.00. The van der Waals surface area contributed by atoms with Crippen LogP contribution in [-0.4, -0.2) is 25.7 Å². The Bertz CT molecular complexity index is 569. The maximum Gasteiger partial charge on any atom is 0.127 e. The summed E-state index contributed by atoms with van der Waals surface area (Å²) >= 11 is 1.66. The number of ether oxygens (including phenoxy) is 2. The van der Waals surface area contributed by atoms with Crippen LogP contribution in [0.3, 0.4) is 0 Å². The van der Waals surface area contributed by atoms with E-state index in [1.807, 2.05) is 30.6 Å². The highest BCUT2D eigenvalue weighted by atomic mass is 32.1. The van der Waals surface area contributed by atoms with Gasteiger partial charge in [-0.2, -0.15) is 0 Å². The zero-order chi connectivity index (χ0) is 14.5. The fraction of sp³-hybridized carbons (Fsp3) is 0.400. The van der Waals surface area contributed by atoms with Gasteiger partial charge in [-0.1, -0.05) is 6.92 Å². The van der Waals surface area contributed by atoms with Crippen molar-refractivity contribution in [2.45, 2.75) is 19.9 Å². The summed E-state index contributed by atoms with van der Waals surface area (Å²) in [5.41, 5.74) is 4.03. The second-order valence-electron chi connectivity index (χ2n) is 4.40. The third kappa shape index (κ3) is 2.94. The molecule has 1 N–H and O–H groups in total. The van der Waals surface area contributed by atoms with Gasteiger partial charge in [-0.3, -0.25) is 0 Å². The molecule has 0 aliphatic carbocycles. The van der Waals surface area contributed by atoms with Gasteiger partial charge in [0.25, 0.3) is 0 Å². The first kappa shape index (κ1) is 14.8. The van der Waals surface area contributed by atoms with Crippen molar-refractivity contribution >= 4 is 11.3 Å². The van der Waals surface area contributed by atoms with Crippen LogP contribution in [0.4, 0.5) is 0 Å². The number of thiazole rings is 1. The summed E-state index contributed by atoms with van der Waals surface area (Å²) in [6, 6.07) is 6.01. The van der Waals surface area contributed by atoms with Gasteiger partial charge in [0.15, 0.2) is 0 Å². The molecule has 1 heterocycles. The average molecular weight is 292 g/mol. The molecule has 1 aromatic heterocycles. The summed E-state index contributed by atoms with van der Waals surface area (Å²) < 4.78 is 10.8. The molecule has 1 aromatic carbocycles. The van der Waals surface area contributed by atoms with E-state index in [1.54, 1.807) is 25.6 Å². The SMILES string of the molecule is CCNC(c1ccc(OC)cc1OC)c1scnc1C. The number of hydrogen-bond donors (Lipinski definition) is 1. The fourth-order valence-electron chi connectivity index (χ4n) is 2.19. The molecule has 0 saturated carbocycles. The van der Waals surface area contributed by atoms with Crippen molar-refractivity contribution in [3.63, 3.8) is 0 Å². The van der Waals surface area contributed by atoms with Crippen molar-refractivity contribution in [1.82, 2.24) is 10.3 Å². The summed E-state index contributed by atoms with van der Waals surface area (Å²) in [7, 11) is 3.34. The molecule has 0 saturated heterocycles. The predicted octanol–water partition coefficient (Wildman–Crippen LogP) is 3.17. The minimum Gasteiger partial charge on any atom is -0.497 e. The zero-order valence-corrected chi connectivity index (χ0v) is 13.1. The Morgan fingerprint density at radius 2 is 2.10 bits per heavy atom. The van der Waals surface area contributed by atoms with Gasteiger partial charge < -0.3 is 14.8 Å². The van der Waals surface area contributed by atoms with Gasteiger partial charge in [0.1, 0.15) is 11.5 Å². The number of nitrogens with zero attached hydrogens (tertiary/aromatic N) is 1. The fourth-order valence-corrected chi connectivity index (χ4v) is 3.09. The van der Waals surface area contributed by atoms with E-state index in [-0.39, 0.29) is 6.04 Å². The minimum absolute atomic E-state index is 0.0911. The summed E-state index contributed by atoms with van der Waals surface area (Å²) in [5, 5.41) is 3.50. The molecule has 0 fully saturated rings. The number of aromatic nitrogens is 1. The van der Waals surface area contributed by atoms with E-state index in [2.05, 4.69) is 17.2 Å². The van der Waals surface area contributed by atoms with Crippen LogP contribution in [0.25, 0.3) is 0 Å². The quantitative estimate of drug-likeness (QED) is 0.888. The lowest BCUT2D eigenvalue weighted by molar-refractivity contribution is 0.388. The van der Waals surface area contributed by atoms with E-state index in [0.717, 1.165) is 29.3 Å². The lowest BCUT2D eigenvalue weighted by Gasteiger charge is -2.20. The van der Waals surface area contributed by atoms with Crippen molar-refractivity contribution in [1.29, 1.82) is 0 Å². The van der Waals surface area contributed by atoms with E-state index < -0.39 is 0 Å². The van der Waals surface area contributed by atoms with E-state index in [0.29, 0.717) is 0 Å². The van der Waals surface area contributed by atoms with E-state index in [9.17, 15) is 0 Å². The molecule has 2 rings (SSSR count). The molecular weight excluding hydrogens is 272 g/mol. The van der Waals surface area contributed by atoms with Crippen LogP contribution in [0.15, 0.2) is 23.7 Å². The first-order chi connectivity index (χ1) is 9.71. The molecule has 0 amide bonds. The zero-order valence-electron chi connectivity index (χ0n) is 12.3. The molecule has 2 aromatic rings. The van der Waals surface area contributed by atoms with Crippen LogP contribution in [0.2, 0.25) is 0 Å². The number of methoxy groups -OCH3 is 2. The summed E-state index contributed by atoms with van der Waals surface area (Å²) in [5.74, 6) is 1.62. The van der Waals surface area contributed by atoms with Crippen molar-refractivity contribution < 1.29 is 9.47 Å². The lowest BCUT2D eigenvalue weighted by Crippen LogP contribution is -2.22. The van der Waals surface area contributed by atoms with Crippen molar-refractivity contribution in [2.75, 3.05) is 20.8 Å². The van der Waals surface area contributed by atoms with Crippen molar-refractivity contribution in [2.24, 2.45) is 0 Å². The monoisotopic (exact) mass is 292 g/mol. The summed E-state index contributed by atoms with van der Waals surface area (Å²) in [6.07, 6.45) is 0. The second-order valence-corrected chi connectivity index (χ2v) is 5.29. The van der Waals surface area contributed by atoms with Crippen LogP contribution >= 0.6 is 11.3 Å². The second kappa shape index (κ2) is 6.72. The molecule has 0 radical (unpaired) electrons. The van der Waals surface area contributed by atoms with Gasteiger partial charge >= 0.3 is 0 Å². The molecule has 0 aliphatic rings. The molecule has 0 spiro atoms. The smallest absolute Gasteiger partial charge is 0.127 e. The molecule has 1 unspecified atom stereocenters. The van der Waals surface area contributed by atoms with E-state index >= 15 is 0 Å². The van der Waals surface area contributed by atoms with Crippen LogP contribution in [0, 0.1) is 6.92 Å². The molecular formula is C15H20N2O2S. The molecule has 5 heteroatoms. The molecule has 0 bridgehead atoms. The Hall–Kier alpha value is -1.59. The lowest BCUT2D eigenvalue weighted by atomic mass is 10.0. The maximum absolute atomic E-state index is 5.52. The molecule has 4 nitrogen and oxygen atoms in total. The number of hydrogen-bond acceptors (Lipinski definition) is 5.